The highest BCUT2D eigenvalue weighted by Crippen LogP contribution is 2.30. The Morgan fingerprint density at radius 3 is 2.96 bits per heavy atom. The predicted molar refractivity (Wildman–Crippen MR) is 89.3 cm³/mol. The van der Waals surface area contributed by atoms with Gasteiger partial charge in [0.1, 0.15) is 23.6 Å². The Bertz CT molecular complexity index is 1010. The molecule has 0 unspecified atom stereocenters. The molecule has 0 spiro atoms. The zero-order valence-electron chi connectivity index (χ0n) is 13.1. The van der Waals surface area contributed by atoms with Gasteiger partial charge in [-0.05, 0) is 24.3 Å². The lowest BCUT2D eigenvalue weighted by Crippen LogP contribution is -2.12. The molecule has 0 atom stereocenters. The van der Waals surface area contributed by atoms with Crippen molar-refractivity contribution in [3.8, 4) is 23.1 Å². The van der Waals surface area contributed by atoms with Gasteiger partial charge in [-0.3, -0.25) is 0 Å². The number of hydrogen-bond donors (Lipinski definition) is 1. The molecule has 122 valence electrons. The first-order valence-corrected chi connectivity index (χ1v) is 7.54. The van der Waals surface area contributed by atoms with Crippen LogP contribution in [0.3, 0.4) is 0 Å². The van der Waals surface area contributed by atoms with Crippen LogP contribution in [0.25, 0.3) is 28.1 Å². The van der Waals surface area contributed by atoms with Gasteiger partial charge in [-0.25, -0.2) is 9.50 Å². The third kappa shape index (κ3) is 2.44. The van der Waals surface area contributed by atoms with Crippen molar-refractivity contribution in [1.82, 2.24) is 14.6 Å². The van der Waals surface area contributed by atoms with E-state index < -0.39 is 0 Å². The van der Waals surface area contributed by atoms with Gasteiger partial charge in [0, 0.05) is 24.1 Å². The highest BCUT2D eigenvalue weighted by molar-refractivity contribution is 5.83. The molecule has 3 heterocycles. The number of methoxy groups -OCH3 is 1. The van der Waals surface area contributed by atoms with Crippen molar-refractivity contribution >= 4 is 16.6 Å². The van der Waals surface area contributed by atoms with Gasteiger partial charge in [0.15, 0.2) is 11.4 Å². The molecule has 3 aromatic heterocycles. The van der Waals surface area contributed by atoms with Crippen LogP contribution >= 0.6 is 0 Å². The van der Waals surface area contributed by atoms with E-state index in [0.717, 1.165) is 22.4 Å². The van der Waals surface area contributed by atoms with Gasteiger partial charge >= 0.3 is 0 Å². The summed E-state index contributed by atoms with van der Waals surface area (Å²) in [6.07, 6.45) is 1.73. The maximum absolute atomic E-state index is 5.94. The van der Waals surface area contributed by atoms with Gasteiger partial charge < -0.3 is 19.6 Å². The van der Waals surface area contributed by atoms with Crippen LogP contribution < -0.4 is 15.2 Å². The van der Waals surface area contributed by atoms with Crippen LogP contribution in [0.5, 0.6) is 11.6 Å². The molecule has 0 saturated heterocycles. The number of fused-ring (bicyclic) bond motifs is 2. The second-order valence-corrected chi connectivity index (χ2v) is 5.24. The van der Waals surface area contributed by atoms with E-state index >= 15 is 0 Å². The summed E-state index contributed by atoms with van der Waals surface area (Å²) in [5.74, 6) is 1.91. The molecule has 0 aliphatic carbocycles. The minimum Gasteiger partial charge on any atom is -0.497 e. The minimum absolute atomic E-state index is 0.410. The molecule has 0 radical (unpaired) electrons. The molecule has 2 N–H and O–H groups in total. The third-order valence-electron chi connectivity index (χ3n) is 3.69. The summed E-state index contributed by atoms with van der Waals surface area (Å²) in [6.45, 7) is 0.842. The molecule has 0 fully saturated rings. The van der Waals surface area contributed by atoms with Crippen molar-refractivity contribution in [2.24, 2.45) is 5.73 Å². The number of imidazole rings is 1. The van der Waals surface area contributed by atoms with Crippen LogP contribution in [-0.2, 0) is 0 Å². The fraction of sp³-hybridized carbons (Fsp3) is 0.176. The van der Waals surface area contributed by atoms with Gasteiger partial charge in [0.05, 0.1) is 13.3 Å². The maximum Gasteiger partial charge on any atom is 0.231 e. The first kappa shape index (κ1) is 14.5. The van der Waals surface area contributed by atoms with E-state index in [2.05, 4.69) is 10.1 Å². The topological polar surface area (TPSA) is 87.8 Å². The van der Waals surface area contributed by atoms with Crippen LogP contribution in [0, 0.1) is 0 Å². The fourth-order valence-electron chi connectivity index (χ4n) is 2.53. The van der Waals surface area contributed by atoms with Crippen LogP contribution in [0.15, 0.2) is 47.0 Å². The van der Waals surface area contributed by atoms with Crippen LogP contribution in [0.2, 0.25) is 0 Å². The quantitative estimate of drug-likeness (QED) is 0.607. The number of nitrogens with two attached hydrogens (primary N) is 1. The van der Waals surface area contributed by atoms with Gasteiger partial charge in [0.2, 0.25) is 5.88 Å². The molecule has 0 aliphatic rings. The number of furan rings is 1. The van der Waals surface area contributed by atoms with E-state index in [1.54, 1.807) is 23.9 Å². The van der Waals surface area contributed by atoms with Crippen molar-refractivity contribution in [3.63, 3.8) is 0 Å². The lowest BCUT2D eigenvalue weighted by atomic mass is 10.2. The van der Waals surface area contributed by atoms with E-state index in [9.17, 15) is 0 Å². The van der Waals surface area contributed by atoms with Crippen LogP contribution in [-0.4, -0.2) is 34.9 Å². The lowest BCUT2D eigenvalue weighted by molar-refractivity contribution is 0.310. The summed E-state index contributed by atoms with van der Waals surface area (Å²) in [5, 5.41) is 5.43. The largest absolute Gasteiger partial charge is 0.497 e. The molecular weight excluding hydrogens is 308 g/mol. The average Bonchev–Trinajstić information content (AvgIpc) is 3.22. The number of aromatic nitrogens is 3. The number of ether oxygens (including phenoxy) is 2. The SMILES string of the molecule is COc1ccc2cc(-c3cnc4ccc(OCCN)nn34)oc2c1. The molecule has 24 heavy (non-hydrogen) atoms. The van der Waals surface area contributed by atoms with Gasteiger partial charge in [-0.15, -0.1) is 5.10 Å². The summed E-state index contributed by atoms with van der Waals surface area (Å²) in [5.41, 5.74) is 7.66. The molecule has 1 aromatic carbocycles. The fourth-order valence-corrected chi connectivity index (χ4v) is 2.53. The summed E-state index contributed by atoms with van der Waals surface area (Å²) < 4.78 is 18.3. The zero-order valence-corrected chi connectivity index (χ0v) is 13.1. The molecular formula is C17H16N4O3. The number of hydrogen-bond acceptors (Lipinski definition) is 6. The molecule has 0 amide bonds. The smallest absolute Gasteiger partial charge is 0.231 e. The lowest BCUT2D eigenvalue weighted by Gasteiger charge is -2.04. The molecule has 4 rings (SSSR count). The van der Waals surface area contributed by atoms with Crippen molar-refractivity contribution in [3.05, 3.63) is 42.6 Å². The highest BCUT2D eigenvalue weighted by atomic mass is 16.5. The van der Waals surface area contributed by atoms with Gasteiger partial charge in [-0.2, -0.15) is 0 Å². The summed E-state index contributed by atoms with van der Waals surface area (Å²) >= 11 is 0. The molecule has 7 heteroatoms. The number of nitrogens with zero attached hydrogens (tertiary/aromatic N) is 3. The van der Waals surface area contributed by atoms with Gasteiger partial charge in [0.25, 0.3) is 0 Å². The monoisotopic (exact) mass is 324 g/mol. The third-order valence-corrected chi connectivity index (χ3v) is 3.69. The number of rotatable bonds is 5. The first-order chi connectivity index (χ1) is 11.8. The minimum atomic E-state index is 0.410. The molecule has 0 saturated carbocycles. The zero-order chi connectivity index (χ0) is 16.5. The van der Waals surface area contributed by atoms with Crippen molar-refractivity contribution in [2.75, 3.05) is 20.3 Å². The average molecular weight is 324 g/mol. The van der Waals surface area contributed by atoms with E-state index in [1.165, 1.54) is 0 Å². The molecule has 0 aliphatic heterocycles. The van der Waals surface area contributed by atoms with E-state index in [0.29, 0.717) is 30.4 Å². The maximum atomic E-state index is 5.94. The van der Waals surface area contributed by atoms with Crippen molar-refractivity contribution in [1.29, 1.82) is 0 Å². The second-order valence-electron chi connectivity index (χ2n) is 5.24. The Hall–Kier alpha value is -3.06. The van der Waals surface area contributed by atoms with Crippen LogP contribution in [0.1, 0.15) is 0 Å². The van der Waals surface area contributed by atoms with Gasteiger partial charge in [-0.1, -0.05) is 0 Å². The summed E-state index contributed by atoms with van der Waals surface area (Å²) in [4.78, 5) is 4.36. The van der Waals surface area contributed by atoms with E-state index in [1.807, 2.05) is 30.3 Å². The molecule has 7 nitrogen and oxygen atoms in total. The second kappa shape index (κ2) is 5.86. The van der Waals surface area contributed by atoms with Crippen molar-refractivity contribution in [2.45, 2.75) is 0 Å². The normalized spacial score (nSPS) is 11.2. The van der Waals surface area contributed by atoms with E-state index in [-0.39, 0.29) is 0 Å². The van der Waals surface area contributed by atoms with Crippen molar-refractivity contribution < 1.29 is 13.9 Å². The standard InChI is InChI=1S/C17H16N4O3/c1-22-12-3-2-11-8-15(24-14(11)9-12)13-10-19-16-4-5-17(20-21(13)16)23-7-6-18/h2-5,8-10H,6-7,18H2,1H3. The Labute approximate surface area is 137 Å². The van der Waals surface area contributed by atoms with E-state index in [4.69, 9.17) is 19.6 Å². The first-order valence-electron chi connectivity index (χ1n) is 7.54. The summed E-state index contributed by atoms with van der Waals surface area (Å²) in [7, 11) is 1.63. The highest BCUT2D eigenvalue weighted by Gasteiger charge is 2.13. The Morgan fingerprint density at radius 2 is 2.12 bits per heavy atom. The number of benzene rings is 1. The Kier molecular flexibility index (Phi) is 3.55. The van der Waals surface area contributed by atoms with Crippen LogP contribution in [0.4, 0.5) is 0 Å². The Morgan fingerprint density at radius 1 is 1.21 bits per heavy atom. The summed E-state index contributed by atoms with van der Waals surface area (Å²) in [6, 6.07) is 11.3. The Balaban J connectivity index is 1.80. The molecule has 4 aromatic rings. The molecule has 0 bridgehead atoms. The predicted octanol–water partition coefficient (Wildman–Crippen LogP) is 2.49.